The van der Waals surface area contributed by atoms with Crippen molar-refractivity contribution < 1.29 is 9.59 Å². The van der Waals surface area contributed by atoms with Crippen molar-refractivity contribution in [3.63, 3.8) is 0 Å². The maximum absolute atomic E-state index is 12.6. The molecule has 2 N–H and O–H groups in total. The highest BCUT2D eigenvalue weighted by molar-refractivity contribution is 7.16. The fourth-order valence-electron chi connectivity index (χ4n) is 2.53. The van der Waals surface area contributed by atoms with E-state index < -0.39 is 0 Å². The van der Waals surface area contributed by atoms with Crippen LogP contribution in [0.4, 0.5) is 0 Å². The summed E-state index contributed by atoms with van der Waals surface area (Å²) >= 11 is 7.38. The van der Waals surface area contributed by atoms with Gasteiger partial charge >= 0.3 is 0 Å². The lowest BCUT2D eigenvalue weighted by molar-refractivity contribution is -0.132. The SMILES string of the molecule is C[C@H](C(=O)N1CCCN(CC(N)=O)CC1)c1ccc(Cl)s1. The Morgan fingerprint density at radius 3 is 2.71 bits per heavy atom. The standard InChI is InChI=1S/C14H20ClN3O2S/c1-10(11-3-4-12(15)21-11)14(20)18-6-2-5-17(7-8-18)9-13(16)19/h3-4,10H,2,5-9H2,1H3,(H2,16,19)/t10-/m0/s1. The number of nitrogens with zero attached hydrogens (tertiary/aromatic N) is 2. The second-order valence-corrected chi connectivity index (χ2v) is 7.03. The summed E-state index contributed by atoms with van der Waals surface area (Å²) in [5.74, 6) is -0.379. The Morgan fingerprint density at radius 2 is 2.10 bits per heavy atom. The summed E-state index contributed by atoms with van der Waals surface area (Å²) < 4.78 is 0.702. The van der Waals surface area contributed by atoms with Crippen LogP contribution >= 0.6 is 22.9 Å². The van der Waals surface area contributed by atoms with E-state index in [1.807, 2.05) is 28.9 Å². The van der Waals surface area contributed by atoms with Gasteiger partial charge in [0.05, 0.1) is 16.8 Å². The lowest BCUT2D eigenvalue weighted by atomic mass is 10.1. The fraction of sp³-hybridized carbons (Fsp3) is 0.571. The van der Waals surface area contributed by atoms with Crippen molar-refractivity contribution in [2.24, 2.45) is 5.73 Å². The van der Waals surface area contributed by atoms with Gasteiger partial charge in [-0.05, 0) is 25.5 Å². The Labute approximate surface area is 133 Å². The van der Waals surface area contributed by atoms with E-state index in [-0.39, 0.29) is 24.3 Å². The first kappa shape index (κ1) is 16.3. The molecule has 1 aliphatic heterocycles. The number of nitrogens with two attached hydrogens (primary N) is 1. The number of halogens is 1. The predicted octanol–water partition coefficient (Wildman–Crippen LogP) is 1.52. The zero-order valence-corrected chi connectivity index (χ0v) is 13.6. The van der Waals surface area contributed by atoms with Gasteiger partial charge in [-0.2, -0.15) is 0 Å². The summed E-state index contributed by atoms with van der Waals surface area (Å²) in [5.41, 5.74) is 5.22. The third-order valence-electron chi connectivity index (χ3n) is 3.67. The van der Waals surface area contributed by atoms with E-state index in [4.69, 9.17) is 17.3 Å². The molecule has 0 radical (unpaired) electrons. The van der Waals surface area contributed by atoms with Crippen molar-refractivity contribution in [3.8, 4) is 0 Å². The minimum atomic E-state index is -0.323. The van der Waals surface area contributed by atoms with Gasteiger partial charge < -0.3 is 10.6 Å². The van der Waals surface area contributed by atoms with Gasteiger partial charge in [-0.25, -0.2) is 0 Å². The number of primary amides is 1. The summed E-state index contributed by atoms with van der Waals surface area (Å²) in [4.78, 5) is 28.4. The molecule has 1 aromatic heterocycles. The maximum atomic E-state index is 12.6. The Kier molecular flexibility index (Phi) is 5.61. The summed E-state index contributed by atoms with van der Waals surface area (Å²) in [6.45, 7) is 5.01. The normalized spacial score (nSPS) is 18.3. The molecule has 1 aliphatic rings. The molecule has 5 nitrogen and oxygen atoms in total. The number of amides is 2. The van der Waals surface area contributed by atoms with E-state index in [1.165, 1.54) is 11.3 Å². The molecule has 0 bridgehead atoms. The number of hydrogen-bond donors (Lipinski definition) is 1. The molecule has 1 saturated heterocycles. The van der Waals surface area contributed by atoms with Crippen molar-refractivity contribution in [1.82, 2.24) is 9.80 Å². The van der Waals surface area contributed by atoms with Crippen LogP contribution < -0.4 is 5.73 Å². The van der Waals surface area contributed by atoms with E-state index in [2.05, 4.69) is 0 Å². The molecule has 0 unspecified atom stereocenters. The molecule has 21 heavy (non-hydrogen) atoms. The van der Waals surface area contributed by atoms with E-state index >= 15 is 0 Å². The van der Waals surface area contributed by atoms with Gasteiger partial charge in [-0.3, -0.25) is 14.5 Å². The molecule has 0 saturated carbocycles. The quantitative estimate of drug-likeness (QED) is 0.911. The van der Waals surface area contributed by atoms with Gasteiger partial charge in [0.1, 0.15) is 0 Å². The van der Waals surface area contributed by atoms with Crippen LogP contribution in [-0.2, 0) is 9.59 Å². The summed E-state index contributed by atoms with van der Waals surface area (Å²) in [6.07, 6.45) is 0.858. The summed E-state index contributed by atoms with van der Waals surface area (Å²) in [7, 11) is 0. The van der Waals surface area contributed by atoms with E-state index in [0.717, 1.165) is 24.4 Å². The molecule has 2 rings (SSSR count). The molecule has 1 aromatic rings. The average molecular weight is 330 g/mol. The Bertz CT molecular complexity index is 520. The molecule has 0 spiro atoms. The maximum Gasteiger partial charge on any atom is 0.231 e. The highest BCUT2D eigenvalue weighted by atomic mass is 35.5. The zero-order valence-electron chi connectivity index (χ0n) is 12.0. The second kappa shape index (κ2) is 7.24. The Morgan fingerprint density at radius 1 is 1.33 bits per heavy atom. The minimum absolute atomic E-state index is 0.120. The number of carbonyl (C=O) groups is 2. The van der Waals surface area contributed by atoms with Crippen molar-refractivity contribution >= 4 is 34.8 Å². The smallest absolute Gasteiger partial charge is 0.231 e. The first-order valence-corrected chi connectivity index (χ1v) is 8.21. The first-order valence-electron chi connectivity index (χ1n) is 7.02. The molecule has 1 fully saturated rings. The highest BCUT2D eigenvalue weighted by Crippen LogP contribution is 2.29. The lowest BCUT2D eigenvalue weighted by Crippen LogP contribution is -2.39. The van der Waals surface area contributed by atoms with Crippen LogP contribution in [0.25, 0.3) is 0 Å². The molecule has 1 atom stereocenters. The molecule has 116 valence electrons. The fourth-order valence-corrected chi connectivity index (χ4v) is 3.63. The molecule has 2 heterocycles. The number of hydrogen-bond acceptors (Lipinski definition) is 4. The number of thiophene rings is 1. The molecule has 7 heteroatoms. The lowest BCUT2D eigenvalue weighted by Gasteiger charge is -2.24. The Balaban J connectivity index is 1.95. The van der Waals surface area contributed by atoms with Crippen molar-refractivity contribution in [3.05, 3.63) is 21.3 Å². The van der Waals surface area contributed by atoms with Crippen LogP contribution in [0.15, 0.2) is 12.1 Å². The first-order chi connectivity index (χ1) is 9.97. The van der Waals surface area contributed by atoms with Gasteiger partial charge in [-0.1, -0.05) is 11.6 Å². The summed E-state index contributed by atoms with van der Waals surface area (Å²) in [6, 6.07) is 3.73. The van der Waals surface area contributed by atoms with Crippen LogP contribution in [0.2, 0.25) is 4.34 Å². The molecular formula is C14H20ClN3O2S. The molecule has 0 aliphatic carbocycles. The average Bonchev–Trinajstić information content (AvgIpc) is 2.73. The minimum Gasteiger partial charge on any atom is -0.369 e. The molecule has 2 amide bonds. The van der Waals surface area contributed by atoms with Crippen LogP contribution in [0.1, 0.15) is 24.1 Å². The third kappa shape index (κ3) is 4.43. The van der Waals surface area contributed by atoms with Gasteiger partial charge in [0.25, 0.3) is 0 Å². The van der Waals surface area contributed by atoms with E-state index in [0.29, 0.717) is 17.4 Å². The van der Waals surface area contributed by atoms with Crippen LogP contribution in [0.3, 0.4) is 0 Å². The van der Waals surface area contributed by atoms with Crippen molar-refractivity contribution in [2.75, 3.05) is 32.7 Å². The van der Waals surface area contributed by atoms with Gasteiger partial charge in [0, 0.05) is 31.1 Å². The van der Waals surface area contributed by atoms with Gasteiger partial charge in [-0.15, -0.1) is 11.3 Å². The van der Waals surface area contributed by atoms with Crippen molar-refractivity contribution in [2.45, 2.75) is 19.3 Å². The monoisotopic (exact) mass is 329 g/mol. The number of carbonyl (C=O) groups excluding carboxylic acids is 2. The van der Waals surface area contributed by atoms with Gasteiger partial charge in [0.15, 0.2) is 0 Å². The topological polar surface area (TPSA) is 66.6 Å². The largest absolute Gasteiger partial charge is 0.369 e. The number of rotatable bonds is 4. The molecule has 0 aromatic carbocycles. The second-order valence-electron chi connectivity index (χ2n) is 5.28. The van der Waals surface area contributed by atoms with Crippen LogP contribution in [0, 0.1) is 0 Å². The predicted molar refractivity (Wildman–Crippen MR) is 84.6 cm³/mol. The highest BCUT2D eigenvalue weighted by Gasteiger charge is 2.25. The summed E-state index contributed by atoms with van der Waals surface area (Å²) in [5, 5.41) is 0. The third-order valence-corrected chi connectivity index (χ3v) is 5.08. The van der Waals surface area contributed by atoms with Crippen LogP contribution in [-0.4, -0.2) is 54.3 Å². The van der Waals surface area contributed by atoms with E-state index in [9.17, 15) is 9.59 Å². The molecular weight excluding hydrogens is 310 g/mol. The zero-order chi connectivity index (χ0) is 15.4. The van der Waals surface area contributed by atoms with Crippen molar-refractivity contribution in [1.29, 1.82) is 0 Å². The van der Waals surface area contributed by atoms with Gasteiger partial charge in [0.2, 0.25) is 11.8 Å². The Hall–Kier alpha value is -1.11. The van der Waals surface area contributed by atoms with Crippen LogP contribution in [0.5, 0.6) is 0 Å². The van der Waals surface area contributed by atoms with E-state index in [1.54, 1.807) is 0 Å².